The van der Waals surface area contributed by atoms with E-state index in [0.29, 0.717) is 35.1 Å². The minimum Gasteiger partial charge on any atom is -0.396 e. The Bertz CT molecular complexity index is 1280. The summed E-state index contributed by atoms with van der Waals surface area (Å²) < 4.78 is 8.78. The Balaban J connectivity index is 1.61. The van der Waals surface area contributed by atoms with Gasteiger partial charge in [0.05, 0.1) is 12.3 Å². The summed E-state index contributed by atoms with van der Waals surface area (Å²) in [5.41, 5.74) is 0.469. The molecule has 1 aliphatic rings. The molecule has 3 heterocycles. The molecule has 4 N–H and O–H groups in total. The summed E-state index contributed by atoms with van der Waals surface area (Å²) in [6, 6.07) is 5.44. The molecule has 0 radical (unpaired) electrons. The van der Waals surface area contributed by atoms with Crippen LogP contribution >= 0.6 is 0 Å². The van der Waals surface area contributed by atoms with Crippen molar-refractivity contribution in [2.24, 2.45) is 5.41 Å². The molecule has 1 amide bonds. The highest BCUT2D eigenvalue weighted by molar-refractivity contribution is 6.00. The van der Waals surface area contributed by atoms with Crippen molar-refractivity contribution in [2.75, 3.05) is 37.9 Å². The quantitative estimate of drug-likeness (QED) is 0.354. The van der Waals surface area contributed by atoms with Gasteiger partial charge in [0.1, 0.15) is 22.9 Å². The summed E-state index contributed by atoms with van der Waals surface area (Å²) in [6.45, 7) is 3.96. The standard InChI is InChI=1S/C25H35N7O4/c1-25(2,15-33)14-27-23(34)18-13-28-32-21(26-3)12-20(30-22(18)32)29-19-6-5-11-31(24(19)35)16-7-9-17(36-4)10-8-16/h5-6,11-13,16-17,26,33H,7-10,14-15H2,1-4H3,(H,27,34)(H,29,30)/t16-,17-. The SMILES string of the molecule is CNc1cc(Nc2cccn([C@H]3CC[C@H](OC)CC3)c2=O)nc2c(C(=O)NCC(C)(C)CO)cnn12. The van der Waals surface area contributed by atoms with Crippen molar-refractivity contribution in [1.29, 1.82) is 0 Å². The molecule has 3 aromatic rings. The number of aromatic nitrogens is 4. The molecule has 36 heavy (non-hydrogen) atoms. The molecule has 0 aromatic carbocycles. The lowest BCUT2D eigenvalue weighted by molar-refractivity contribution is 0.0580. The highest BCUT2D eigenvalue weighted by Gasteiger charge is 2.24. The third-order valence-electron chi connectivity index (χ3n) is 6.74. The van der Waals surface area contributed by atoms with Crippen LogP contribution in [0.1, 0.15) is 55.9 Å². The number of anilines is 3. The van der Waals surface area contributed by atoms with Gasteiger partial charge in [0, 0.05) is 51.0 Å². The van der Waals surface area contributed by atoms with Gasteiger partial charge in [-0.25, -0.2) is 4.98 Å². The molecule has 0 atom stereocenters. The summed E-state index contributed by atoms with van der Waals surface area (Å²) in [7, 11) is 3.48. The lowest BCUT2D eigenvalue weighted by Crippen LogP contribution is -2.36. The summed E-state index contributed by atoms with van der Waals surface area (Å²) in [5.74, 6) is 0.674. The van der Waals surface area contributed by atoms with Crippen LogP contribution in [0.15, 0.2) is 35.4 Å². The van der Waals surface area contributed by atoms with Gasteiger partial charge in [-0.3, -0.25) is 9.59 Å². The normalized spacial score (nSPS) is 18.2. The molecule has 0 spiro atoms. The summed E-state index contributed by atoms with van der Waals surface area (Å²) >= 11 is 0. The van der Waals surface area contributed by atoms with Gasteiger partial charge in [-0.15, -0.1) is 0 Å². The largest absolute Gasteiger partial charge is 0.396 e. The van der Waals surface area contributed by atoms with Crippen molar-refractivity contribution in [3.8, 4) is 0 Å². The third kappa shape index (κ3) is 5.36. The first kappa shape index (κ1) is 25.6. The van der Waals surface area contributed by atoms with Crippen LogP contribution in [-0.4, -0.2) is 63.6 Å². The van der Waals surface area contributed by atoms with Gasteiger partial charge in [0.15, 0.2) is 5.65 Å². The zero-order valence-corrected chi connectivity index (χ0v) is 21.2. The van der Waals surface area contributed by atoms with Crippen LogP contribution in [0, 0.1) is 5.41 Å². The third-order valence-corrected chi connectivity index (χ3v) is 6.74. The van der Waals surface area contributed by atoms with Gasteiger partial charge in [0.2, 0.25) is 0 Å². The van der Waals surface area contributed by atoms with Crippen molar-refractivity contribution in [2.45, 2.75) is 51.7 Å². The molecule has 3 aromatic heterocycles. The molecule has 194 valence electrons. The van der Waals surface area contributed by atoms with E-state index < -0.39 is 5.41 Å². The van der Waals surface area contributed by atoms with Crippen LogP contribution in [0.5, 0.6) is 0 Å². The van der Waals surface area contributed by atoms with Gasteiger partial charge in [0.25, 0.3) is 11.5 Å². The van der Waals surface area contributed by atoms with Crippen LogP contribution in [0.25, 0.3) is 5.65 Å². The molecule has 1 aliphatic carbocycles. The number of ether oxygens (including phenoxy) is 1. The smallest absolute Gasteiger partial charge is 0.274 e. The molecule has 0 saturated heterocycles. The second-order valence-electron chi connectivity index (χ2n) is 10.0. The number of hydrogen-bond acceptors (Lipinski definition) is 8. The molecule has 11 nitrogen and oxygen atoms in total. The Morgan fingerprint density at radius 2 is 2.03 bits per heavy atom. The van der Waals surface area contributed by atoms with Gasteiger partial charge in [-0.1, -0.05) is 13.8 Å². The van der Waals surface area contributed by atoms with E-state index in [4.69, 9.17) is 4.74 Å². The highest BCUT2D eigenvalue weighted by atomic mass is 16.5. The van der Waals surface area contributed by atoms with Crippen LogP contribution in [0.2, 0.25) is 0 Å². The van der Waals surface area contributed by atoms with E-state index in [1.165, 1.54) is 10.7 Å². The van der Waals surface area contributed by atoms with E-state index in [1.807, 2.05) is 26.1 Å². The van der Waals surface area contributed by atoms with Crippen molar-refractivity contribution in [3.05, 3.63) is 46.5 Å². The van der Waals surface area contributed by atoms with E-state index >= 15 is 0 Å². The maximum absolute atomic E-state index is 13.3. The van der Waals surface area contributed by atoms with Crippen molar-refractivity contribution in [1.82, 2.24) is 24.5 Å². The number of aliphatic hydroxyl groups is 1. The maximum atomic E-state index is 13.3. The second kappa shape index (κ2) is 10.7. The summed E-state index contributed by atoms with van der Waals surface area (Å²) in [6.07, 6.45) is 7.17. The Morgan fingerprint density at radius 1 is 1.28 bits per heavy atom. The van der Waals surface area contributed by atoms with Gasteiger partial charge in [-0.05, 0) is 37.8 Å². The second-order valence-corrected chi connectivity index (χ2v) is 10.0. The lowest BCUT2D eigenvalue weighted by atomic mass is 9.92. The fourth-order valence-electron chi connectivity index (χ4n) is 4.43. The van der Waals surface area contributed by atoms with E-state index in [1.54, 1.807) is 30.9 Å². The Kier molecular flexibility index (Phi) is 7.60. The monoisotopic (exact) mass is 497 g/mol. The molecule has 0 bridgehead atoms. The number of aliphatic hydroxyl groups excluding tert-OH is 1. The van der Waals surface area contributed by atoms with Crippen LogP contribution in [0.4, 0.5) is 17.3 Å². The Labute approximate surface area is 209 Å². The fraction of sp³-hybridized carbons (Fsp3) is 0.520. The first-order chi connectivity index (χ1) is 17.3. The molecule has 4 rings (SSSR count). The van der Waals surface area contributed by atoms with Crippen molar-refractivity contribution >= 4 is 28.9 Å². The van der Waals surface area contributed by atoms with E-state index in [-0.39, 0.29) is 30.2 Å². The number of nitrogens with one attached hydrogen (secondary N) is 3. The number of nitrogens with zero attached hydrogens (tertiary/aromatic N) is 4. The van der Waals surface area contributed by atoms with Crippen molar-refractivity contribution < 1.29 is 14.6 Å². The first-order valence-corrected chi connectivity index (χ1v) is 12.2. The Hall–Kier alpha value is -3.44. The lowest BCUT2D eigenvalue weighted by Gasteiger charge is -2.29. The van der Waals surface area contributed by atoms with Crippen LogP contribution in [-0.2, 0) is 4.74 Å². The van der Waals surface area contributed by atoms with Crippen LogP contribution in [0.3, 0.4) is 0 Å². The Morgan fingerprint density at radius 3 is 2.69 bits per heavy atom. The molecular weight excluding hydrogens is 462 g/mol. The van der Waals surface area contributed by atoms with Gasteiger partial charge < -0.3 is 30.4 Å². The van der Waals surface area contributed by atoms with Crippen LogP contribution < -0.4 is 21.5 Å². The maximum Gasteiger partial charge on any atom is 0.274 e. The zero-order valence-electron chi connectivity index (χ0n) is 21.2. The summed E-state index contributed by atoms with van der Waals surface area (Å²) in [4.78, 5) is 30.8. The minimum absolute atomic E-state index is 0.0549. The average Bonchev–Trinajstić information content (AvgIpc) is 3.32. The fourth-order valence-corrected chi connectivity index (χ4v) is 4.43. The predicted octanol–water partition coefficient (Wildman–Crippen LogP) is 2.55. The average molecular weight is 498 g/mol. The zero-order chi connectivity index (χ0) is 25.9. The van der Waals surface area contributed by atoms with E-state index in [2.05, 4.69) is 26.0 Å². The number of methoxy groups -OCH3 is 1. The molecule has 1 fully saturated rings. The number of carbonyl (C=O) groups is 1. The topological polar surface area (TPSA) is 135 Å². The number of carbonyl (C=O) groups excluding carboxylic acids is 1. The molecule has 1 saturated carbocycles. The van der Waals surface area contributed by atoms with E-state index in [0.717, 1.165) is 25.7 Å². The molecule has 11 heteroatoms. The van der Waals surface area contributed by atoms with E-state index in [9.17, 15) is 14.7 Å². The predicted molar refractivity (Wildman–Crippen MR) is 138 cm³/mol. The molecule has 0 unspecified atom stereocenters. The number of hydrogen-bond donors (Lipinski definition) is 4. The molecule has 0 aliphatic heterocycles. The minimum atomic E-state index is -0.453. The number of pyridine rings is 1. The number of amides is 1. The van der Waals surface area contributed by atoms with Crippen molar-refractivity contribution in [3.63, 3.8) is 0 Å². The molecular formula is C25H35N7O4. The number of rotatable bonds is 9. The first-order valence-electron chi connectivity index (χ1n) is 12.2. The highest BCUT2D eigenvalue weighted by Crippen LogP contribution is 2.29. The van der Waals surface area contributed by atoms with Gasteiger partial charge in [-0.2, -0.15) is 9.61 Å². The van der Waals surface area contributed by atoms with Gasteiger partial charge >= 0.3 is 0 Å². The summed E-state index contributed by atoms with van der Waals surface area (Å²) in [5, 5.41) is 22.8. The number of fused-ring (bicyclic) bond motifs is 1.